The zero-order valence-electron chi connectivity index (χ0n) is 8.99. The molecule has 1 nitrogen and oxygen atoms in total. The standard InChI is InChI=1S/C8H7ClO.C6H3Br/c9-6-8(10)7-4-2-1-3-5-7;7-6-4-2-1-3-5(4)6/h1-5H,6H2;1-3H. The minimum atomic E-state index is -0.0257. The Hall–Kier alpha value is -1.12. The van der Waals surface area contributed by atoms with E-state index in [4.69, 9.17) is 11.6 Å². The lowest BCUT2D eigenvalue weighted by atomic mass is 10.2. The van der Waals surface area contributed by atoms with Gasteiger partial charge in [0.25, 0.3) is 0 Å². The Balaban J connectivity index is 0.000000134. The van der Waals surface area contributed by atoms with Gasteiger partial charge in [0, 0.05) is 10.0 Å². The maximum Gasteiger partial charge on any atom is 0.177 e. The molecule has 1 aromatic carbocycles. The van der Waals surface area contributed by atoms with E-state index in [1.165, 1.54) is 15.6 Å². The first-order valence-corrected chi connectivity index (χ1v) is 6.50. The average Bonchev–Trinajstić information content (AvgIpc) is 2.84. The zero-order chi connectivity index (χ0) is 12.3. The minimum absolute atomic E-state index is 0.0257. The molecule has 0 spiro atoms. The third kappa shape index (κ3) is 2.96. The Kier molecular flexibility index (Phi) is 3.97. The van der Waals surface area contributed by atoms with Gasteiger partial charge in [0.2, 0.25) is 0 Å². The molecule has 0 radical (unpaired) electrons. The van der Waals surface area contributed by atoms with Gasteiger partial charge in [-0.05, 0) is 27.1 Å². The number of carbonyl (C=O) groups excluding carboxylic acids is 1. The zero-order valence-corrected chi connectivity index (χ0v) is 11.3. The molecule has 0 saturated carbocycles. The number of alkyl halides is 1. The molecule has 0 aromatic heterocycles. The van der Waals surface area contributed by atoms with Crippen molar-refractivity contribution in [2.75, 3.05) is 5.88 Å². The maximum atomic E-state index is 10.9. The molecular weight excluding hydrogens is 300 g/mol. The highest BCUT2D eigenvalue weighted by atomic mass is 79.9. The normalized spacial score (nSPS) is 10.2. The third-order valence-electron chi connectivity index (χ3n) is 2.44. The lowest BCUT2D eigenvalue weighted by Crippen LogP contribution is -1.98. The lowest BCUT2D eigenvalue weighted by Gasteiger charge is -1.92. The lowest BCUT2D eigenvalue weighted by molar-refractivity contribution is 0.102. The molecule has 2 aliphatic carbocycles. The first-order valence-electron chi connectivity index (χ1n) is 5.17. The number of ketones is 1. The smallest absolute Gasteiger partial charge is 0.177 e. The molecule has 0 aliphatic heterocycles. The molecule has 2 aliphatic rings. The van der Waals surface area contributed by atoms with E-state index in [-0.39, 0.29) is 11.7 Å². The van der Waals surface area contributed by atoms with Gasteiger partial charge in [-0.25, -0.2) is 0 Å². The molecule has 0 N–H and O–H groups in total. The Morgan fingerprint density at radius 2 is 1.59 bits per heavy atom. The van der Waals surface area contributed by atoms with Crippen molar-refractivity contribution in [3.63, 3.8) is 0 Å². The van der Waals surface area contributed by atoms with Crippen molar-refractivity contribution in [2.45, 2.75) is 0 Å². The van der Waals surface area contributed by atoms with Gasteiger partial charge in [-0.2, -0.15) is 0 Å². The van der Waals surface area contributed by atoms with Gasteiger partial charge < -0.3 is 0 Å². The van der Waals surface area contributed by atoms with Crippen LogP contribution < -0.4 is 0 Å². The highest BCUT2D eigenvalue weighted by Crippen LogP contribution is 2.47. The van der Waals surface area contributed by atoms with Crippen LogP contribution in [0.1, 0.15) is 10.4 Å². The van der Waals surface area contributed by atoms with Crippen LogP contribution in [0.15, 0.2) is 53.0 Å². The minimum Gasteiger partial charge on any atom is -0.293 e. The highest BCUT2D eigenvalue weighted by Gasteiger charge is 2.19. The third-order valence-corrected chi connectivity index (χ3v) is 3.54. The second kappa shape index (κ2) is 5.48. The summed E-state index contributed by atoms with van der Waals surface area (Å²) in [7, 11) is 0. The maximum absolute atomic E-state index is 10.9. The van der Waals surface area contributed by atoms with E-state index in [2.05, 4.69) is 34.1 Å². The van der Waals surface area contributed by atoms with Gasteiger partial charge in [0.15, 0.2) is 5.78 Å². The Morgan fingerprint density at radius 1 is 1.00 bits per heavy atom. The van der Waals surface area contributed by atoms with Gasteiger partial charge in [-0.3, -0.25) is 4.79 Å². The van der Waals surface area contributed by atoms with Crippen molar-refractivity contribution < 1.29 is 4.79 Å². The molecule has 0 unspecified atom stereocenters. The Morgan fingerprint density at radius 3 is 2.00 bits per heavy atom. The summed E-state index contributed by atoms with van der Waals surface area (Å²) in [4.78, 5) is 10.9. The predicted octanol–water partition coefficient (Wildman–Crippen LogP) is 4.54. The largest absolute Gasteiger partial charge is 0.293 e. The Labute approximate surface area is 114 Å². The molecule has 86 valence electrons. The molecule has 17 heavy (non-hydrogen) atoms. The number of hydrogen-bond acceptors (Lipinski definition) is 1. The van der Waals surface area contributed by atoms with Crippen LogP contribution in [-0.2, 0) is 0 Å². The van der Waals surface area contributed by atoms with E-state index < -0.39 is 0 Å². The first kappa shape index (κ1) is 12.3. The van der Waals surface area contributed by atoms with Crippen LogP contribution in [0.25, 0.3) is 11.1 Å². The van der Waals surface area contributed by atoms with Crippen molar-refractivity contribution in [3.8, 4) is 11.1 Å². The molecule has 0 amide bonds. The molecule has 0 bridgehead atoms. The van der Waals surface area contributed by atoms with Crippen molar-refractivity contribution in [1.82, 2.24) is 0 Å². The fourth-order valence-corrected chi connectivity index (χ4v) is 2.21. The van der Waals surface area contributed by atoms with Crippen LogP contribution >= 0.6 is 27.5 Å². The fraction of sp³-hybridized carbons (Fsp3) is 0.0714. The van der Waals surface area contributed by atoms with Crippen molar-refractivity contribution in [3.05, 3.63) is 58.6 Å². The SMILES string of the molecule is Brc1c2cccc1-2.O=C(CCl)c1ccccc1. The van der Waals surface area contributed by atoms with E-state index in [0.717, 1.165) is 0 Å². The van der Waals surface area contributed by atoms with Crippen LogP contribution in [0.4, 0.5) is 0 Å². The molecule has 0 heterocycles. The fourth-order valence-electron chi connectivity index (χ4n) is 1.46. The number of hydrogen-bond donors (Lipinski definition) is 0. The number of rotatable bonds is 2. The summed E-state index contributed by atoms with van der Waals surface area (Å²) in [5.41, 5.74) is 3.46. The number of carbonyl (C=O) groups is 1. The highest BCUT2D eigenvalue weighted by molar-refractivity contribution is 9.11. The van der Waals surface area contributed by atoms with Crippen molar-refractivity contribution in [1.29, 1.82) is 0 Å². The van der Waals surface area contributed by atoms with Crippen molar-refractivity contribution in [2.24, 2.45) is 0 Å². The monoisotopic (exact) mass is 308 g/mol. The van der Waals surface area contributed by atoms with Gasteiger partial charge in [-0.15, -0.1) is 11.6 Å². The van der Waals surface area contributed by atoms with E-state index in [9.17, 15) is 4.79 Å². The van der Waals surface area contributed by atoms with E-state index in [1.807, 2.05) is 18.2 Å². The van der Waals surface area contributed by atoms with Crippen molar-refractivity contribution >= 4 is 33.3 Å². The number of halogens is 2. The van der Waals surface area contributed by atoms with Gasteiger partial charge in [0.05, 0.1) is 5.88 Å². The van der Waals surface area contributed by atoms with Crippen LogP contribution in [-0.4, -0.2) is 11.7 Å². The van der Waals surface area contributed by atoms with Crippen LogP contribution in [0, 0.1) is 0 Å². The molecule has 3 heteroatoms. The molecule has 0 saturated heterocycles. The van der Waals surface area contributed by atoms with E-state index in [1.54, 1.807) is 12.1 Å². The summed E-state index contributed by atoms with van der Waals surface area (Å²) in [5.74, 6) is 0.0339. The molecule has 0 atom stereocenters. The molecule has 3 rings (SSSR count). The Bertz CT molecular complexity index is 517. The van der Waals surface area contributed by atoms with Gasteiger partial charge in [0.1, 0.15) is 0 Å². The summed E-state index contributed by atoms with van der Waals surface area (Å²) >= 11 is 8.72. The van der Waals surface area contributed by atoms with Crippen LogP contribution in [0.5, 0.6) is 0 Å². The van der Waals surface area contributed by atoms with E-state index >= 15 is 0 Å². The number of fused-ring (bicyclic) bond motifs is 1. The topological polar surface area (TPSA) is 17.1 Å². The summed E-state index contributed by atoms with van der Waals surface area (Å²) in [6.45, 7) is 0. The average molecular weight is 310 g/mol. The summed E-state index contributed by atoms with van der Waals surface area (Å²) in [6.07, 6.45) is 0. The number of benzene rings is 2. The quantitative estimate of drug-likeness (QED) is 0.502. The number of Topliss-reactive ketones (excluding diaryl/α,β-unsaturated/α-hetero) is 1. The molecular formula is C14H10BrClO. The van der Waals surface area contributed by atoms with Gasteiger partial charge in [-0.1, -0.05) is 48.5 Å². The summed E-state index contributed by atoms with van der Waals surface area (Å²) in [6, 6.07) is 15.3. The molecule has 0 fully saturated rings. The molecule has 1 aromatic rings. The summed E-state index contributed by atoms with van der Waals surface area (Å²) < 4.78 is 1.30. The summed E-state index contributed by atoms with van der Waals surface area (Å²) in [5, 5.41) is 0. The second-order valence-electron chi connectivity index (χ2n) is 3.59. The first-order chi connectivity index (χ1) is 8.24. The van der Waals surface area contributed by atoms with E-state index in [0.29, 0.717) is 5.56 Å². The van der Waals surface area contributed by atoms with Crippen LogP contribution in [0.3, 0.4) is 0 Å². The van der Waals surface area contributed by atoms with Gasteiger partial charge >= 0.3 is 0 Å². The second-order valence-corrected chi connectivity index (χ2v) is 4.65. The van der Waals surface area contributed by atoms with Crippen LogP contribution in [0.2, 0.25) is 0 Å². The predicted molar refractivity (Wildman–Crippen MR) is 74.6 cm³/mol.